The van der Waals surface area contributed by atoms with Crippen molar-refractivity contribution in [1.82, 2.24) is 4.57 Å². The predicted molar refractivity (Wildman–Crippen MR) is 175 cm³/mol. The molecule has 0 saturated heterocycles. The van der Waals surface area contributed by atoms with Crippen LogP contribution in [0.15, 0.2) is 112 Å². The van der Waals surface area contributed by atoms with Gasteiger partial charge in [0.25, 0.3) is 5.56 Å². The third kappa shape index (κ3) is 6.49. The number of hydrogen-bond donors (Lipinski definition) is 0. The summed E-state index contributed by atoms with van der Waals surface area (Å²) in [4.78, 5) is 33.1. The van der Waals surface area contributed by atoms with Crippen LogP contribution in [-0.2, 0) is 16.1 Å². The van der Waals surface area contributed by atoms with Gasteiger partial charge in [-0.2, -0.15) is 0 Å². The van der Waals surface area contributed by atoms with E-state index in [1.54, 1.807) is 67.6 Å². The highest BCUT2D eigenvalue weighted by Gasteiger charge is 2.35. The first-order valence-electron chi connectivity index (χ1n) is 14.0. The third-order valence-corrected chi connectivity index (χ3v) is 8.60. The molecule has 1 atom stereocenters. The predicted octanol–water partition coefficient (Wildman–Crippen LogP) is 6.96. The van der Waals surface area contributed by atoms with Gasteiger partial charge in [-0.1, -0.05) is 89.1 Å². The molecule has 6 nitrogen and oxygen atoms in total. The molecule has 226 valence electrons. The summed E-state index contributed by atoms with van der Waals surface area (Å²) in [7, 11) is 0. The Balaban J connectivity index is 1.53. The van der Waals surface area contributed by atoms with Gasteiger partial charge in [0.05, 0.1) is 28.5 Å². The van der Waals surface area contributed by atoms with Gasteiger partial charge in [-0.25, -0.2) is 14.2 Å². The summed E-state index contributed by atoms with van der Waals surface area (Å²) in [6.45, 7) is 2.06. The number of nitrogens with zero attached hydrogens (tertiary/aromatic N) is 2. The molecular formula is C35H25Cl2FN2O4S. The van der Waals surface area contributed by atoms with E-state index in [0.29, 0.717) is 47.5 Å². The lowest BCUT2D eigenvalue weighted by atomic mass is 9.93. The van der Waals surface area contributed by atoms with E-state index in [0.717, 1.165) is 5.56 Å². The highest BCUT2D eigenvalue weighted by atomic mass is 35.5. The summed E-state index contributed by atoms with van der Waals surface area (Å²) in [5.74, 6) is -0.415. The van der Waals surface area contributed by atoms with Crippen LogP contribution >= 0.6 is 34.5 Å². The van der Waals surface area contributed by atoms with Crippen molar-refractivity contribution in [2.45, 2.75) is 19.6 Å². The molecule has 0 bridgehead atoms. The fourth-order valence-corrected chi connectivity index (χ4v) is 6.35. The van der Waals surface area contributed by atoms with Gasteiger partial charge in [0.1, 0.15) is 18.2 Å². The maximum absolute atomic E-state index is 14.2. The van der Waals surface area contributed by atoms with Crippen molar-refractivity contribution in [3.63, 3.8) is 0 Å². The Hall–Kier alpha value is -4.50. The number of carbonyl (C=O) groups is 1. The first kappa shape index (κ1) is 30.5. The van der Waals surface area contributed by atoms with Crippen molar-refractivity contribution in [1.29, 1.82) is 0 Å². The lowest BCUT2D eigenvalue weighted by molar-refractivity contribution is -0.138. The molecule has 0 spiro atoms. The van der Waals surface area contributed by atoms with E-state index in [2.05, 4.69) is 0 Å². The summed E-state index contributed by atoms with van der Waals surface area (Å²) >= 11 is 13.8. The number of aromatic nitrogens is 1. The Bertz CT molecular complexity index is 2090. The number of carbonyl (C=O) groups excluding carboxylic acids is 1. The van der Waals surface area contributed by atoms with Gasteiger partial charge in [-0.15, -0.1) is 0 Å². The van der Waals surface area contributed by atoms with Gasteiger partial charge in [-0.05, 0) is 66.6 Å². The maximum atomic E-state index is 14.2. The van der Waals surface area contributed by atoms with Gasteiger partial charge >= 0.3 is 5.97 Å². The fraction of sp³-hybridized carbons (Fsp3) is 0.114. The molecule has 0 amide bonds. The number of rotatable bonds is 8. The first-order chi connectivity index (χ1) is 21.8. The number of halogens is 3. The fourth-order valence-electron chi connectivity index (χ4n) is 5.05. The molecule has 1 aliphatic rings. The van der Waals surface area contributed by atoms with Crippen molar-refractivity contribution in [2.75, 3.05) is 6.61 Å². The number of benzene rings is 4. The largest absolute Gasteiger partial charge is 0.488 e. The summed E-state index contributed by atoms with van der Waals surface area (Å²) in [6, 6.07) is 26.6. The number of fused-ring (bicyclic) bond motifs is 1. The molecule has 0 aliphatic carbocycles. The van der Waals surface area contributed by atoms with E-state index in [1.165, 1.54) is 28.0 Å². The number of hydrogen-bond acceptors (Lipinski definition) is 6. The van der Waals surface area contributed by atoms with E-state index < -0.39 is 12.0 Å². The Morgan fingerprint density at radius 3 is 2.40 bits per heavy atom. The molecule has 0 unspecified atom stereocenters. The minimum Gasteiger partial charge on any atom is -0.488 e. The van der Waals surface area contributed by atoms with Crippen LogP contribution in [-0.4, -0.2) is 17.1 Å². The zero-order valence-electron chi connectivity index (χ0n) is 23.9. The summed E-state index contributed by atoms with van der Waals surface area (Å²) in [5, 5.41) is 0.975. The Labute approximate surface area is 271 Å². The SMILES string of the molecule is CCOC(=O)C1=C(c2ccccc2)N=c2s/c(=C\c3cc(Cl)ccc3OCc3ccc(F)cc3)c(=O)n2[C@H]1c1ccc(Cl)cc1. The van der Waals surface area contributed by atoms with E-state index in [1.807, 2.05) is 30.3 Å². The average Bonchev–Trinajstić information content (AvgIpc) is 3.35. The van der Waals surface area contributed by atoms with E-state index in [-0.39, 0.29) is 30.2 Å². The monoisotopic (exact) mass is 658 g/mol. The maximum Gasteiger partial charge on any atom is 0.338 e. The van der Waals surface area contributed by atoms with Crippen LogP contribution in [0.1, 0.15) is 35.2 Å². The van der Waals surface area contributed by atoms with Crippen LogP contribution in [0.3, 0.4) is 0 Å². The zero-order chi connectivity index (χ0) is 31.5. The smallest absolute Gasteiger partial charge is 0.338 e. The van der Waals surface area contributed by atoms with Crippen molar-refractivity contribution in [2.24, 2.45) is 4.99 Å². The van der Waals surface area contributed by atoms with Gasteiger partial charge in [0.15, 0.2) is 4.80 Å². The van der Waals surface area contributed by atoms with Gasteiger partial charge in [-0.3, -0.25) is 9.36 Å². The molecule has 0 N–H and O–H groups in total. The molecule has 1 aliphatic heterocycles. The first-order valence-corrected chi connectivity index (χ1v) is 15.6. The molecule has 0 radical (unpaired) electrons. The van der Waals surface area contributed by atoms with Crippen LogP contribution < -0.4 is 19.6 Å². The zero-order valence-corrected chi connectivity index (χ0v) is 26.2. The minimum absolute atomic E-state index is 0.150. The van der Waals surface area contributed by atoms with Crippen LogP contribution in [0.4, 0.5) is 4.39 Å². The molecule has 45 heavy (non-hydrogen) atoms. The van der Waals surface area contributed by atoms with Crippen LogP contribution in [0.2, 0.25) is 10.0 Å². The second kappa shape index (κ2) is 13.2. The lowest BCUT2D eigenvalue weighted by Gasteiger charge is -2.25. The van der Waals surface area contributed by atoms with Gasteiger partial charge < -0.3 is 9.47 Å². The highest BCUT2D eigenvalue weighted by Crippen LogP contribution is 2.35. The average molecular weight is 660 g/mol. The number of ether oxygens (including phenoxy) is 2. The third-order valence-electron chi connectivity index (χ3n) is 7.13. The summed E-state index contributed by atoms with van der Waals surface area (Å²) in [6.07, 6.45) is 1.70. The quantitative estimate of drug-likeness (QED) is 0.169. The number of esters is 1. The Morgan fingerprint density at radius 1 is 0.978 bits per heavy atom. The summed E-state index contributed by atoms with van der Waals surface area (Å²) in [5.41, 5.74) is 3.05. The highest BCUT2D eigenvalue weighted by molar-refractivity contribution is 7.07. The second-order valence-electron chi connectivity index (χ2n) is 10.1. The van der Waals surface area contributed by atoms with E-state index in [9.17, 15) is 14.0 Å². The van der Waals surface area contributed by atoms with Gasteiger partial charge in [0.2, 0.25) is 0 Å². The van der Waals surface area contributed by atoms with Crippen molar-refractivity contribution < 1.29 is 18.7 Å². The van der Waals surface area contributed by atoms with Crippen molar-refractivity contribution in [3.05, 3.63) is 160 Å². The van der Waals surface area contributed by atoms with E-state index in [4.69, 9.17) is 37.7 Å². The standard InChI is InChI=1S/C35H25Cl2FN2O4S/c1-2-43-34(42)30-31(22-6-4-3-5-7-22)39-35-40(32(30)23-10-12-25(36)13-11-23)33(41)29(45-35)19-24-18-26(37)14-17-28(24)44-20-21-8-15-27(38)16-9-21/h3-19,32H,2,20H2,1H3/b29-19-/t32-/m0/s1. The van der Waals surface area contributed by atoms with Crippen LogP contribution in [0.5, 0.6) is 5.75 Å². The van der Waals surface area contributed by atoms with Crippen molar-refractivity contribution in [3.8, 4) is 5.75 Å². The van der Waals surface area contributed by atoms with Crippen LogP contribution in [0.25, 0.3) is 11.8 Å². The molecule has 6 rings (SSSR count). The normalized spacial score (nSPS) is 14.6. The Kier molecular flexibility index (Phi) is 8.98. The molecule has 0 saturated carbocycles. The molecule has 5 aromatic rings. The molecule has 10 heteroatoms. The number of thiazole rings is 1. The second-order valence-corrected chi connectivity index (χ2v) is 12.0. The van der Waals surface area contributed by atoms with Crippen LogP contribution in [0, 0.1) is 5.82 Å². The Morgan fingerprint density at radius 2 is 1.69 bits per heavy atom. The molecule has 2 heterocycles. The lowest BCUT2D eigenvalue weighted by Crippen LogP contribution is -2.40. The van der Waals surface area contributed by atoms with Gasteiger partial charge in [0, 0.05) is 21.2 Å². The topological polar surface area (TPSA) is 69.9 Å². The molecule has 0 fully saturated rings. The summed E-state index contributed by atoms with van der Waals surface area (Å²) < 4.78 is 26.8. The molecule has 1 aromatic heterocycles. The van der Waals surface area contributed by atoms with E-state index >= 15 is 0 Å². The van der Waals surface area contributed by atoms with Crippen molar-refractivity contribution >= 4 is 52.3 Å². The minimum atomic E-state index is -0.830. The molecular weight excluding hydrogens is 634 g/mol. The molecule has 4 aromatic carbocycles.